The number of carbonyl (C=O) groups excluding carboxylic acids is 1. The topological polar surface area (TPSA) is 23.6 Å². The molecule has 2 aromatic carbocycles. The number of carbonyl (C=O) groups is 1. The number of urea groups is 1. The number of nitrogens with zero attached hydrogens (tertiary/aromatic N) is 2. The predicted octanol–water partition coefficient (Wildman–Crippen LogP) is 3.42. The molecule has 2 aliphatic heterocycles. The molecule has 2 fully saturated rings. The van der Waals surface area contributed by atoms with E-state index in [1.54, 1.807) is 0 Å². The van der Waals surface area contributed by atoms with E-state index in [0.29, 0.717) is 27.0 Å². The van der Waals surface area contributed by atoms with Gasteiger partial charge in [-0.3, -0.25) is 0 Å². The van der Waals surface area contributed by atoms with Gasteiger partial charge in [-0.05, 0) is 0 Å². The molecule has 2 amide bonds. The number of benzene rings is 2. The molecular formula is C19H20N2OSe. The molecule has 2 aromatic rings. The van der Waals surface area contributed by atoms with E-state index >= 15 is 0 Å². The minimum atomic E-state index is 0.211. The van der Waals surface area contributed by atoms with Crippen molar-refractivity contribution in [3.05, 3.63) is 71.8 Å². The van der Waals surface area contributed by atoms with Crippen molar-refractivity contribution in [2.24, 2.45) is 0 Å². The maximum absolute atomic E-state index is 13.0. The van der Waals surface area contributed by atoms with Gasteiger partial charge in [0.25, 0.3) is 0 Å². The molecule has 23 heavy (non-hydrogen) atoms. The Morgan fingerprint density at radius 3 is 1.65 bits per heavy atom. The Labute approximate surface area is 143 Å². The SMILES string of the molecule is O=C1N(Cc2ccccc2)C2C[Se]CC2N1Cc1ccccc1. The standard InChI is InChI=1S/C19H20N2OSe/c22-19-20(11-15-7-3-1-4-8-15)17-13-23-14-18(17)21(19)12-16-9-5-2-6-10-16/h1-10,17-18H,11-14H2. The van der Waals surface area contributed by atoms with Crippen LogP contribution >= 0.6 is 0 Å². The van der Waals surface area contributed by atoms with Gasteiger partial charge in [0.1, 0.15) is 0 Å². The van der Waals surface area contributed by atoms with Crippen molar-refractivity contribution in [1.82, 2.24) is 9.80 Å². The summed E-state index contributed by atoms with van der Waals surface area (Å²) in [4.78, 5) is 17.2. The molecular weight excluding hydrogens is 351 g/mol. The molecule has 0 radical (unpaired) electrons. The van der Waals surface area contributed by atoms with Crippen molar-refractivity contribution in [3.63, 3.8) is 0 Å². The molecule has 0 spiro atoms. The minimum absolute atomic E-state index is 0.211. The summed E-state index contributed by atoms with van der Waals surface area (Å²) in [5.74, 6) is 0. The van der Waals surface area contributed by atoms with Crippen molar-refractivity contribution in [1.29, 1.82) is 0 Å². The van der Waals surface area contributed by atoms with Gasteiger partial charge in [0, 0.05) is 0 Å². The first-order chi connectivity index (χ1) is 11.3. The molecule has 0 aromatic heterocycles. The number of rotatable bonds is 4. The fourth-order valence-corrected chi connectivity index (χ4v) is 6.49. The molecule has 2 saturated heterocycles. The van der Waals surface area contributed by atoms with Crippen LogP contribution in [0.15, 0.2) is 60.7 Å². The molecule has 118 valence electrons. The van der Waals surface area contributed by atoms with E-state index in [0.717, 1.165) is 13.1 Å². The second-order valence-corrected chi connectivity index (χ2v) is 8.44. The Morgan fingerprint density at radius 2 is 1.22 bits per heavy atom. The van der Waals surface area contributed by atoms with Crippen LogP contribution < -0.4 is 0 Å². The summed E-state index contributed by atoms with van der Waals surface area (Å²) in [6.45, 7) is 1.48. The van der Waals surface area contributed by atoms with Crippen LogP contribution in [0.2, 0.25) is 10.6 Å². The quantitative estimate of drug-likeness (QED) is 0.756. The van der Waals surface area contributed by atoms with Gasteiger partial charge >= 0.3 is 143 Å². The van der Waals surface area contributed by atoms with E-state index < -0.39 is 0 Å². The third kappa shape index (κ3) is 2.89. The van der Waals surface area contributed by atoms with Gasteiger partial charge in [-0.2, -0.15) is 0 Å². The zero-order valence-corrected chi connectivity index (χ0v) is 14.7. The Bertz CT molecular complexity index is 619. The molecule has 2 heterocycles. The molecule has 2 atom stereocenters. The van der Waals surface area contributed by atoms with Crippen LogP contribution in [-0.4, -0.2) is 42.9 Å². The Balaban J connectivity index is 1.56. The number of hydrogen-bond acceptors (Lipinski definition) is 1. The van der Waals surface area contributed by atoms with Crippen molar-refractivity contribution < 1.29 is 4.79 Å². The fraction of sp³-hybridized carbons (Fsp3) is 0.316. The van der Waals surface area contributed by atoms with E-state index in [2.05, 4.69) is 34.1 Å². The average molecular weight is 371 g/mol. The van der Waals surface area contributed by atoms with Gasteiger partial charge in [-0.25, -0.2) is 0 Å². The molecule has 2 aliphatic rings. The zero-order chi connectivity index (χ0) is 15.6. The van der Waals surface area contributed by atoms with Gasteiger partial charge in [0.15, 0.2) is 0 Å². The summed E-state index contributed by atoms with van der Waals surface area (Å²) in [6, 6.07) is 21.7. The van der Waals surface area contributed by atoms with Crippen molar-refractivity contribution >= 4 is 21.0 Å². The van der Waals surface area contributed by atoms with Gasteiger partial charge in [0.05, 0.1) is 0 Å². The second-order valence-electron chi connectivity index (χ2n) is 6.18. The third-order valence-electron chi connectivity index (χ3n) is 4.70. The second kappa shape index (κ2) is 6.38. The first-order valence-corrected chi connectivity index (χ1v) is 10.5. The Kier molecular flexibility index (Phi) is 4.11. The zero-order valence-electron chi connectivity index (χ0n) is 13.0. The van der Waals surface area contributed by atoms with E-state index in [1.807, 2.05) is 36.4 Å². The summed E-state index contributed by atoms with van der Waals surface area (Å²) < 4.78 is 0. The fourth-order valence-electron chi connectivity index (χ4n) is 3.51. The maximum atomic E-state index is 13.0. The van der Waals surface area contributed by atoms with Crippen LogP contribution in [0.3, 0.4) is 0 Å². The first-order valence-electron chi connectivity index (χ1n) is 8.06. The molecule has 0 bridgehead atoms. The molecule has 4 heteroatoms. The van der Waals surface area contributed by atoms with Crippen molar-refractivity contribution in [3.8, 4) is 0 Å². The van der Waals surface area contributed by atoms with Crippen LogP contribution in [0.1, 0.15) is 11.1 Å². The molecule has 0 saturated carbocycles. The summed E-state index contributed by atoms with van der Waals surface area (Å²) in [5, 5.41) is 2.39. The Morgan fingerprint density at radius 1 is 0.783 bits per heavy atom. The summed E-state index contributed by atoms with van der Waals surface area (Å²) >= 11 is 0.667. The van der Waals surface area contributed by atoms with Crippen molar-refractivity contribution in [2.45, 2.75) is 35.8 Å². The molecule has 2 unspecified atom stereocenters. The summed E-state index contributed by atoms with van der Waals surface area (Å²) in [6.07, 6.45) is 0. The molecule has 4 rings (SSSR count). The van der Waals surface area contributed by atoms with E-state index in [4.69, 9.17) is 0 Å². The normalized spacial score (nSPS) is 23.4. The Hall–Kier alpha value is -1.77. The monoisotopic (exact) mass is 372 g/mol. The average Bonchev–Trinajstić information content (AvgIpc) is 3.15. The van der Waals surface area contributed by atoms with Crippen molar-refractivity contribution in [2.75, 3.05) is 0 Å². The summed E-state index contributed by atoms with van der Waals surface area (Å²) in [5.41, 5.74) is 2.45. The summed E-state index contributed by atoms with van der Waals surface area (Å²) in [7, 11) is 0. The van der Waals surface area contributed by atoms with Crippen LogP contribution in [0.5, 0.6) is 0 Å². The van der Waals surface area contributed by atoms with Crippen LogP contribution in [0.4, 0.5) is 4.79 Å². The first kappa shape index (κ1) is 14.8. The number of fused-ring (bicyclic) bond motifs is 1. The van der Waals surface area contributed by atoms with Gasteiger partial charge < -0.3 is 0 Å². The van der Waals surface area contributed by atoms with E-state index in [-0.39, 0.29) is 6.03 Å². The van der Waals surface area contributed by atoms with Gasteiger partial charge in [0.2, 0.25) is 0 Å². The predicted molar refractivity (Wildman–Crippen MR) is 92.3 cm³/mol. The van der Waals surface area contributed by atoms with Crippen LogP contribution in [0.25, 0.3) is 0 Å². The molecule has 3 nitrogen and oxygen atoms in total. The third-order valence-corrected chi connectivity index (χ3v) is 7.13. The molecule has 0 N–H and O–H groups in total. The van der Waals surface area contributed by atoms with Crippen LogP contribution in [0, 0.1) is 0 Å². The van der Waals surface area contributed by atoms with Gasteiger partial charge in [-0.1, -0.05) is 0 Å². The van der Waals surface area contributed by atoms with Crippen LogP contribution in [-0.2, 0) is 13.1 Å². The van der Waals surface area contributed by atoms with E-state index in [9.17, 15) is 4.79 Å². The van der Waals surface area contributed by atoms with Gasteiger partial charge in [-0.15, -0.1) is 0 Å². The number of amides is 2. The number of hydrogen-bond donors (Lipinski definition) is 0. The molecule has 0 aliphatic carbocycles. The van der Waals surface area contributed by atoms with E-state index in [1.165, 1.54) is 21.8 Å².